The molecule has 0 aromatic heterocycles. The van der Waals surface area contributed by atoms with Crippen LogP contribution in [0.3, 0.4) is 0 Å². The van der Waals surface area contributed by atoms with Gasteiger partial charge in [0.05, 0.1) is 25.4 Å². The molecule has 1 aromatic carbocycles. The first-order chi connectivity index (χ1) is 7.68. The Kier molecular flexibility index (Phi) is 3.22. The number of ether oxygens (including phenoxy) is 1. The van der Waals surface area contributed by atoms with Crippen LogP contribution in [-0.2, 0) is 4.74 Å². The van der Waals surface area contributed by atoms with E-state index >= 15 is 0 Å². The Morgan fingerprint density at radius 2 is 2.19 bits per heavy atom. The quantitative estimate of drug-likeness (QED) is 0.764. The van der Waals surface area contributed by atoms with Gasteiger partial charge >= 0.3 is 0 Å². The van der Waals surface area contributed by atoms with Gasteiger partial charge in [-0.3, -0.25) is 4.79 Å². The van der Waals surface area contributed by atoms with E-state index in [-0.39, 0.29) is 11.9 Å². The average molecular weight is 221 g/mol. The smallest absolute Gasteiger partial charge is 0.251 e. The van der Waals surface area contributed by atoms with Crippen LogP contribution in [0.25, 0.3) is 0 Å². The Morgan fingerprint density at radius 3 is 2.81 bits per heavy atom. The third kappa shape index (κ3) is 2.23. The summed E-state index contributed by atoms with van der Waals surface area (Å²) in [6.45, 7) is 2.55. The van der Waals surface area contributed by atoms with Gasteiger partial charge in [-0.05, 0) is 18.6 Å². The van der Waals surface area contributed by atoms with Crippen LogP contribution >= 0.6 is 0 Å². The summed E-state index contributed by atoms with van der Waals surface area (Å²) in [4.78, 5) is 11.9. The summed E-state index contributed by atoms with van der Waals surface area (Å²) in [7, 11) is 0. The van der Waals surface area contributed by atoms with E-state index in [1.165, 1.54) is 0 Å². The molecule has 1 saturated heterocycles. The second-order valence-electron chi connectivity index (χ2n) is 4.00. The minimum atomic E-state index is -0.604. The minimum absolute atomic E-state index is 0.160. The van der Waals surface area contributed by atoms with Gasteiger partial charge < -0.3 is 15.2 Å². The van der Waals surface area contributed by atoms with E-state index in [9.17, 15) is 9.90 Å². The van der Waals surface area contributed by atoms with Crippen molar-refractivity contribution in [2.45, 2.75) is 19.1 Å². The molecule has 16 heavy (non-hydrogen) atoms. The van der Waals surface area contributed by atoms with Crippen LogP contribution in [0.4, 0.5) is 0 Å². The van der Waals surface area contributed by atoms with Crippen molar-refractivity contribution in [3.05, 3.63) is 35.4 Å². The topological polar surface area (TPSA) is 58.6 Å². The maximum absolute atomic E-state index is 11.9. The van der Waals surface area contributed by atoms with Crippen LogP contribution in [0, 0.1) is 6.92 Å². The molecule has 1 aromatic rings. The minimum Gasteiger partial charge on any atom is -0.388 e. The van der Waals surface area contributed by atoms with E-state index in [4.69, 9.17) is 4.74 Å². The largest absolute Gasteiger partial charge is 0.388 e. The maximum atomic E-state index is 11.9. The lowest BCUT2D eigenvalue weighted by Crippen LogP contribution is -2.42. The lowest BCUT2D eigenvalue weighted by molar-refractivity contribution is 0.0886. The Labute approximate surface area is 94.2 Å². The number of carbonyl (C=O) groups is 1. The van der Waals surface area contributed by atoms with E-state index in [0.29, 0.717) is 18.8 Å². The van der Waals surface area contributed by atoms with E-state index in [1.807, 2.05) is 25.1 Å². The molecule has 4 nitrogen and oxygen atoms in total. The van der Waals surface area contributed by atoms with Crippen molar-refractivity contribution in [2.75, 3.05) is 13.2 Å². The Bertz CT molecular complexity index is 392. The van der Waals surface area contributed by atoms with Gasteiger partial charge in [-0.25, -0.2) is 0 Å². The fourth-order valence-electron chi connectivity index (χ4n) is 1.75. The van der Waals surface area contributed by atoms with Gasteiger partial charge in [0.1, 0.15) is 0 Å². The molecule has 2 N–H and O–H groups in total. The third-order valence-corrected chi connectivity index (χ3v) is 2.76. The molecule has 1 fully saturated rings. The summed E-state index contributed by atoms with van der Waals surface area (Å²) in [6, 6.07) is 7.07. The molecule has 0 aliphatic carbocycles. The molecule has 2 atom stereocenters. The standard InChI is InChI=1S/C12H15NO3/c1-8-4-2-3-5-9(8)12(15)13-10-6-16-7-11(10)14/h2-5,10-11,14H,6-7H2,1H3,(H,13,15)/t10-,11+/m0/s1. The normalized spacial score (nSPS) is 24.4. The van der Waals surface area contributed by atoms with Gasteiger partial charge in [-0.15, -0.1) is 0 Å². The summed E-state index contributed by atoms with van der Waals surface area (Å²) < 4.78 is 5.07. The van der Waals surface area contributed by atoms with Crippen LogP contribution < -0.4 is 5.32 Å². The molecule has 2 rings (SSSR count). The molecule has 0 saturated carbocycles. The number of aliphatic hydroxyl groups excluding tert-OH is 1. The highest BCUT2D eigenvalue weighted by molar-refractivity contribution is 5.95. The lowest BCUT2D eigenvalue weighted by atomic mass is 10.1. The summed E-state index contributed by atoms with van der Waals surface area (Å²) in [5.74, 6) is -0.160. The van der Waals surface area contributed by atoms with Crippen molar-refractivity contribution in [1.29, 1.82) is 0 Å². The molecule has 1 aliphatic heterocycles. The first-order valence-electron chi connectivity index (χ1n) is 5.31. The number of carbonyl (C=O) groups excluding carboxylic acids is 1. The fourth-order valence-corrected chi connectivity index (χ4v) is 1.75. The van der Waals surface area contributed by atoms with Crippen molar-refractivity contribution in [3.8, 4) is 0 Å². The summed E-state index contributed by atoms with van der Waals surface area (Å²) in [5.41, 5.74) is 1.56. The molecule has 1 aliphatic rings. The predicted molar refractivity (Wildman–Crippen MR) is 59.3 cm³/mol. The van der Waals surface area contributed by atoms with Gasteiger partial charge in [-0.1, -0.05) is 18.2 Å². The first kappa shape index (κ1) is 11.1. The summed E-state index contributed by atoms with van der Waals surface area (Å²) in [6.07, 6.45) is -0.604. The molecule has 1 heterocycles. The number of amides is 1. The molecular formula is C12H15NO3. The predicted octanol–water partition coefficient (Wildman–Crippen LogP) is 0.485. The SMILES string of the molecule is Cc1ccccc1C(=O)N[C@H]1COC[C@H]1O. The van der Waals surface area contributed by atoms with E-state index < -0.39 is 6.10 Å². The Morgan fingerprint density at radius 1 is 1.44 bits per heavy atom. The highest BCUT2D eigenvalue weighted by atomic mass is 16.5. The van der Waals surface area contributed by atoms with Crippen molar-refractivity contribution in [1.82, 2.24) is 5.32 Å². The number of aliphatic hydroxyl groups is 1. The number of aryl methyl sites for hydroxylation is 1. The molecule has 86 valence electrons. The second-order valence-corrected chi connectivity index (χ2v) is 4.00. The molecule has 0 bridgehead atoms. The zero-order valence-corrected chi connectivity index (χ0v) is 9.14. The number of benzene rings is 1. The zero-order chi connectivity index (χ0) is 11.5. The molecule has 0 unspecified atom stereocenters. The van der Waals surface area contributed by atoms with Crippen LogP contribution in [0.5, 0.6) is 0 Å². The van der Waals surface area contributed by atoms with Crippen molar-refractivity contribution < 1.29 is 14.6 Å². The van der Waals surface area contributed by atoms with Gasteiger partial charge in [0.15, 0.2) is 0 Å². The average Bonchev–Trinajstić information content (AvgIpc) is 2.65. The van der Waals surface area contributed by atoms with Gasteiger partial charge in [0, 0.05) is 5.56 Å². The zero-order valence-electron chi connectivity index (χ0n) is 9.14. The van der Waals surface area contributed by atoms with Crippen LogP contribution in [0.1, 0.15) is 15.9 Å². The van der Waals surface area contributed by atoms with Crippen LogP contribution in [-0.4, -0.2) is 36.4 Å². The Hall–Kier alpha value is -1.39. The second kappa shape index (κ2) is 4.63. The molecular weight excluding hydrogens is 206 g/mol. The highest BCUT2D eigenvalue weighted by Gasteiger charge is 2.27. The number of hydrogen-bond donors (Lipinski definition) is 2. The van der Waals surface area contributed by atoms with E-state index in [2.05, 4.69) is 5.32 Å². The molecule has 0 spiro atoms. The Balaban J connectivity index is 2.06. The van der Waals surface area contributed by atoms with Gasteiger partial charge in [0.25, 0.3) is 5.91 Å². The van der Waals surface area contributed by atoms with Crippen molar-refractivity contribution >= 4 is 5.91 Å². The number of nitrogens with one attached hydrogen (secondary N) is 1. The summed E-state index contributed by atoms with van der Waals surface area (Å²) >= 11 is 0. The number of hydrogen-bond acceptors (Lipinski definition) is 3. The number of rotatable bonds is 2. The van der Waals surface area contributed by atoms with E-state index in [0.717, 1.165) is 5.56 Å². The van der Waals surface area contributed by atoms with Gasteiger partial charge in [-0.2, -0.15) is 0 Å². The maximum Gasteiger partial charge on any atom is 0.251 e. The molecule has 0 radical (unpaired) electrons. The van der Waals surface area contributed by atoms with Crippen molar-refractivity contribution in [2.24, 2.45) is 0 Å². The monoisotopic (exact) mass is 221 g/mol. The highest BCUT2D eigenvalue weighted by Crippen LogP contribution is 2.10. The van der Waals surface area contributed by atoms with E-state index in [1.54, 1.807) is 6.07 Å². The van der Waals surface area contributed by atoms with Gasteiger partial charge in [0.2, 0.25) is 0 Å². The van der Waals surface area contributed by atoms with Crippen LogP contribution in [0.15, 0.2) is 24.3 Å². The van der Waals surface area contributed by atoms with Crippen molar-refractivity contribution in [3.63, 3.8) is 0 Å². The summed E-state index contributed by atoms with van der Waals surface area (Å²) in [5, 5.41) is 12.3. The molecule has 1 amide bonds. The van der Waals surface area contributed by atoms with Crippen LogP contribution in [0.2, 0.25) is 0 Å². The first-order valence-corrected chi connectivity index (χ1v) is 5.31. The molecule has 4 heteroatoms. The lowest BCUT2D eigenvalue weighted by Gasteiger charge is -2.15. The third-order valence-electron chi connectivity index (χ3n) is 2.76. The fraction of sp³-hybridized carbons (Fsp3) is 0.417.